The Labute approximate surface area is 79.8 Å². The fourth-order valence-electron chi connectivity index (χ4n) is 1.02. The molecule has 0 bridgehead atoms. The van der Waals surface area contributed by atoms with Crippen LogP contribution in [-0.4, -0.2) is 10.1 Å². The third-order valence-electron chi connectivity index (χ3n) is 1.65. The summed E-state index contributed by atoms with van der Waals surface area (Å²) in [6, 6.07) is 6.29. The monoisotopic (exact) mass is 193 g/mol. The number of hydrogen-bond donors (Lipinski definition) is 1. The van der Waals surface area contributed by atoms with Crippen LogP contribution in [0.1, 0.15) is 5.76 Å². The van der Waals surface area contributed by atoms with Crippen LogP contribution >= 0.6 is 0 Å². The lowest BCUT2D eigenvalue weighted by atomic mass is 10.4. The van der Waals surface area contributed by atoms with E-state index in [-0.39, 0.29) is 0 Å². The maximum Gasteiger partial charge on any atom is 0.214 e. The van der Waals surface area contributed by atoms with Gasteiger partial charge < -0.3 is 9.84 Å². The van der Waals surface area contributed by atoms with Gasteiger partial charge in [0.2, 0.25) is 5.95 Å². The van der Waals surface area contributed by atoms with Crippen LogP contribution in [0, 0.1) is 5.95 Å². The first kappa shape index (κ1) is 8.68. The number of rotatable bonds is 3. The maximum atomic E-state index is 12.6. The van der Waals surface area contributed by atoms with Gasteiger partial charge in [0.1, 0.15) is 5.82 Å². The number of anilines is 1. The smallest absolute Gasteiger partial charge is 0.214 e. The highest BCUT2D eigenvalue weighted by Gasteiger charge is 1.98. The SMILES string of the molecule is Fc1cccc(NCc2ccno2)n1. The third-order valence-corrected chi connectivity index (χ3v) is 1.65. The van der Waals surface area contributed by atoms with E-state index in [1.807, 2.05) is 0 Å². The zero-order chi connectivity index (χ0) is 9.80. The van der Waals surface area contributed by atoms with Crippen molar-refractivity contribution in [3.05, 3.63) is 42.2 Å². The Morgan fingerprint density at radius 2 is 2.29 bits per heavy atom. The van der Waals surface area contributed by atoms with Crippen LogP contribution < -0.4 is 5.32 Å². The molecule has 1 N–H and O–H groups in total. The summed E-state index contributed by atoms with van der Waals surface area (Å²) in [5, 5.41) is 6.45. The molecule has 2 aromatic heterocycles. The van der Waals surface area contributed by atoms with E-state index in [1.165, 1.54) is 6.07 Å². The van der Waals surface area contributed by atoms with Crippen molar-refractivity contribution in [2.75, 3.05) is 5.32 Å². The molecule has 0 aliphatic rings. The van der Waals surface area contributed by atoms with Crippen molar-refractivity contribution in [3.8, 4) is 0 Å². The van der Waals surface area contributed by atoms with E-state index >= 15 is 0 Å². The molecule has 0 aliphatic carbocycles. The number of halogens is 1. The minimum absolute atomic E-state index is 0.441. The summed E-state index contributed by atoms with van der Waals surface area (Å²) >= 11 is 0. The van der Waals surface area contributed by atoms with Crippen LogP contribution in [0.4, 0.5) is 10.2 Å². The first-order valence-electron chi connectivity index (χ1n) is 4.10. The van der Waals surface area contributed by atoms with E-state index in [0.717, 1.165) is 0 Å². The highest BCUT2D eigenvalue weighted by molar-refractivity contribution is 5.33. The van der Waals surface area contributed by atoms with Gasteiger partial charge in [-0.2, -0.15) is 4.39 Å². The number of nitrogens with zero attached hydrogens (tertiary/aromatic N) is 2. The Kier molecular flexibility index (Phi) is 2.40. The summed E-state index contributed by atoms with van der Waals surface area (Å²) in [5.74, 6) is 0.644. The number of nitrogens with one attached hydrogen (secondary N) is 1. The van der Waals surface area contributed by atoms with Gasteiger partial charge in [0, 0.05) is 6.07 Å². The predicted molar refractivity (Wildman–Crippen MR) is 48.0 cm³/mol. The van der Waals surface area contributed by atoms with E-state index in [9.17, 15) is 4.39 Å². The molecule has 0 aliphatic heterocycles. The molecular formula is C9H8FN3O. The molecule has 0 radical (unpaired) electrons. The van der Waals surface area contributed by atoms with Crippen molar-refractivity contribution < 1.29 is 8.91 Å². The van der Waals surface area contributed by atoms with Gasteiger partial charge >= 0.3 is 0 Å². The second kappa shape index (κ2) is 3.87. The van der Waals surface area contributed by atoms with Gasteiger partial charge in [0.15, 0.2) is 5.76 Å². The summed E-state index contributed by atoms with van der Waals surface area (Å²) in [7, 11) is 0. The molecule has 4 nitrogen and oxygen atoms in total. The third kappa shape index (κ3) is 2.07. The Hall–Kier alpha value is -1.91. The van der Waals surface area contributed by atoms with Crippen molar-refractivity contribution in [2.45, 2.75) is 6.54 Å². The summed E-state index contributed by atoms with van der Waals surface area (Å²) in [6.45, 7) is 0.441. The highest BCUT2D eigenvalue weighted by atomic mass is 19.1. The number of aromatic nitrogens is 2. The average molecular weight is 193 g/mol. The molecule has 0 aromatic carbocycles. The Morgan fingerprint density at radius 3 is 3.00 bits per heavy atom. The molecule has 72 valence electrons. The first-order valence-corrected chi connectivity index (χ1v) is 4.10. The molecule has 2 aromatic rings. The quantitative estimate of drug-likeness (QED) is 0.755. The molecule has 0 saturated heterocycles. The van der Waals surface area contributed by atoms with Crippen LogP contribution in [0.25, 0.3) is 0 Å². The fourth-order valence-corrected chi connectivity index (χ4v) is 1.02. The largest absolute Gasteiger partial charge is 0.363 e. The van der Waals surface area contributed by atoms with Crippen LogP contribution in [0.2, 0.25) is 0 Å². The van der Waals surface area contributed by atoms with Crippen molar-refractivity contribution >= 4 is 5.82 Å². The number of pyridine rings is 1. The molecular weight excluding hydrogens is 185 g/mol. The molecule has 14 heavy (non-hydrogen) atoms. The van der Waals surface area contributed by atoms with Crippen molar-refractivity contribution in [1.29, 1.82) is 0 Å². The lowest BCUT2D eigenvalue weighted by molar-refractivity contribution is 0.388. The van der Waals surface area contributed by atoms with E-state index in [2.05, 4.69) is 15.5 Å². The summed E-state index contributed by atoms with van der Waals surface area (Å²) in [6.07, 6.45) is 1.55. The van der Waals surface area contributed by atoms with Gasteiger partial charge in [-0.3, -0.25) is 0 Å². The molecule has 0 amide bonds. The van der Waals surface area contributed by atoms with E-state index in [0.29, 0.717) is 18.1 Å². The van der Waals surface area contributed by atoms with Crippen LogP contribution in [0.15, 0.2) is 35.0 Å². The van der Waals surface area contributed by atoms with Gasteiger partial charge in [-0.15, -0.1) is 0 Å². The van der Waals surface area contributed by atoms with Crippen LogP contribution in [0.3, 0.4) is 0 Å². The summed E-state index contributed by atoms with van der Waals surface area (Å²) in [5.41, 5.74) is 0. The lowest BCUT2D eigenvalue weighted by Gasteiger charge is -2.01. The Balaban J connectivity index is 1.98. The Morgan fingerprint density at radius 1 is 1.36 bits per heavy atom. The molecule has 0 saturated carbocycles. The highest BCUT2D eigenvalue weighted by Crippen LogP contribution is 2.05. The molecule has 0 atom stereocenters. The first-order chi connectivity index (χ1) is 6.84. The van der Waals surface area contributed by atoms with Crippen LogP contribution in [0.5, 0.6) is 0 Å². The zero-order valence-corrected chi connectivity index (χ0v) is 7.27. The van der Waals surface area contributed by atoms with Crippen molar-refractivity contribution in [3.63, 3.8) is 0 Å². The Bertz CT molecular complexity index is 402. The second-order valence-electron chi connectivity index (χ2n) is 2.68. The van der Waals surface area contributed by atoms with E-state index in [4.69, 9.17) is 4.52 Å². The molecule has 5 heteroatoms. The normalized spacial score (nSPS) is 10.1. The predicted octanol–water partition coefficient (Wildman–Crippen LogP) is 1.82. The minimum Gasteiger partial charge on any atom is -0.363 e. The standard InChI is InChI=1S/C9H8FN3O/c10-8-2-1-3-9(13-8)11-6-7-4-5-12-14-7/h1-5H,6H2,(H,11,13). The van der Waals surface area contributed by atoms with Gasteiger partial charge in [-0.25, -0.2) is 4.98 Å². The zero-order valence-electron chi connectivity index (χ0n) is 7.27. The van der Waals surface area contributed by atoms with Gasteiger partial charge in [-0.05, 0) is 12.1 Å². The maximum absolute atomic E-state index is 12.6. The van der Waals surface area contributed by atoms with Crippen molar-refractivity contribution in [1.82, 2.24) is 10.1 Å². The molecule has 0 spiro atoms. The molecule has 2 rings (SSSR count). The van der Waals surface area contributed by atoms with Gasteiger partial charge in [0.25, 0.3) is 0 Å². The minimum atomic E-state index is -0.507. The van der Waals surface area contributed by atoms with Crippen LogP contribution in [-0.2, 0) is 6.54 Å². The molecule has 0 fully saturated rings. The second-order valence-corrected chi connectivity index (χ2v) is 2.68. The van der Waals surface area contributed by atoms with Gasteiger partial charge in [0.05, 0.1) is 12.7 Å². The topological polar surface area (TPSA) is 51.0 Å². The van der Waals surface area contributed by atoms with E-state index in [1.54, 1.807) is 24.4 Å². The summed E-state index contributed by atoms with van der Waals surface area (Å²) < 4.78 is 17.5. The lowest BCUT2D eigenvalue weighted by Crippen LogP contribution is -2.00. The van der Waals surface area contributed by atoms with E-state index < -0.39 is 5.95 Å². The average Bonchev–Trinajstić information content (AvgIpc) is 2.67. The molecule has 2 heterocycles. The fraction of sp³-hybridized carbons (Fsp3) is 0.111. The number of hydrogen-bond acceptors (Lipinski definition) is 4. The van der Waals surface area contributed by atoms with Gasteiger partial charge in [-0.1, -0.05) is 11.2 Å². The molecule has 0 unspecified atom stereocenters. The van der Waals surface area contributed by atoms with Crippen molar-refractivity contribution in [2.24, 2.45) is 0 Å². The summed E-state index contributed by atoms with van der Waals surface area (Å²) in [4.78, 5) is 3.63.